The van der Waals surface area contributed by atoms with Crippen molar-refractivity contribution in [1.82, 2.24) is 0 Å². The molecule has 2 aromatic rings. The Morgan fingerprint density at radius 1 is 1.33 bits per heavy atom. The molecule has 0 aliphatic heterocycles. The Kier molecular flexibility index (Phi) is 3.54. The molecule has 1 aromatic heterocycles. The zero-order valence-corrected chi connectivity index (χ0v) is 10.4. The predicted molar refractivity (Wildman–Crippen MR) is 68.5 cm³/mol. The number of anilines is 1. The lowest BCUT2D eigenvalue weighted by atomic mass is 10.2. The molecular formula is C14H14N2O2. The lowest BCUT2D eigenvalue weighted by Gasteiger charge is -2.08. The third-order valence-electron chi connectivity index (χ3n) is 2.60. The second-order valence-electron chi connectivity index (χ2n) is 3.89. The van der Waals surface area contributed by atoms with Crippen molar-refractivity contribution in [2.75, 3.05) is 12.4 Å². The molecule has 92 valence electrons. The Bertz CT molecular complexity index is 582. The molecule has 0 fully saturated rings. The number of hydrogen-bond donors (Lipinski definition) is 1. The Hall–Kier alpha value is -2.41. The van der Waals surface area contributed by atoms with Gasteiger partial charge < -0.3 is 14.5 Å². The van der Waals surface area contributed by atoms with Gasteiger partial charge in [0.05, 0.1) is 24.9 Å². The van der Waals surface area contributed by atoms with Gasteiger partial charge in [0, 0.05) is 6.07 Å². The molecule has 1 heterocycles. The quantitative estimate of drug-likeness (QED) is 0.895. The normalized spacial score (nSPS) is 9.83. The van der Waals surface area contributed by atoms with Crippen molar-refractivity contribution >= 4 is 5.69 Å². The third kappa shape index (κ3) is 2.64. The molecule has 18 heavy (non-hydrogen) atoms. The van der Waals surface area contributed by atoms with E-state index >= 15 is 0 Å². The lowest BCUT2D eigenvalue weighted by molar-refractivity contribution is 0.415. The fraction of sp³-hybridized carbons (Fsp3) is 0.214. The maximum Gasteiger partial charge on any atom is 0.123 e. The molecule has 0 atom stereocenters. The largest absolute Gasteiger partial charge is 0.497 e. The zero-order chi connectivity index (χ0) is 13.0. The summed E-state index contributed by atoms with van der Waals surface area (Å²) in [6.07, 6.45) is 0. The lowest BCUT2D eigenvalue weighted by Crippen LogP contribution is -2.00. The van der Waals surface area contributed by atoms with Crippen LogP contribution in [-0.4, -0.2) is 7.11 Å². The van der Waals surface area contributed by atoms with Crippen LogP contribution in [0.2, 0.25) is 0 Å². The number of methoxy groups -OCH3 is 1. The Balaban J connectivity index is 2.15. The first-order valence-corrected chi connectivity index (χ1v) is 5.60. The summed E-state index contributed by atoms with van der Waals surface area (Å²) in [5.41, 5.74) is 1.32. The topological polar surface area (TPSA) is 58.2 Å². The van der Waals surface area contributed by atoms with Crippen LogP contribution < -0.4 is 10.1 Å². The van der Waals surface area contributed by atoms with Crippen LogP contribution in [-0.2, 0) is 6.54 Å². The third-order valence-corrected chi connectivity index (χ3v) is 2.60. The van der Waals surface area contributed by atoms with E-state index in [4.69, 9.17) is 14.4 Å². The number of nitrogens with zero attached hydrogens (tertiary/aromatic N) is 1. The smallest absolute Gasteiger partial charge is 0.123 e. The standard InChI is InChI=1S/C14H14N2O2/c1-10-3-5-13(18-10)9-16-14-7-12(17-2)6-4-11(14)8-15/h3-7,16H,9H2,1-2H3. The van der Waals surface area contributed by atoms with Crippen molar-refractivity contribution < 1.29 is 9.15 Å². The summed E-state index contributed by atoms with van der Waals surface area (Å²) < 4.78 is 10.6. The van der Waals surface area contributed by atoms with Gasteiger partial charge in [0.25, 0.3) is 0 Å². The number of rotatable bonds is 4. The molecule has 1 N–H and O–H groups in total. The average molecular weight is 242 g/mol. The van der Waals surface area contributed by atoms with Gasteiger partial charge in [-0.15, -0.1) is 0 Å². The van der Waals surface area contributed by atoms with E-state index in [-0.39, 0.29) is 0 Å². The van der Waals surface area contributed by atoms with Crippen molar-refractivity contribution in [2.24, 2.45) is 0 Å². The summed E-state index contributed by atoms with van der Waals surface area (Å²) in [7, 11) is 1.60. The first-order chi connectivity index (χ1) is 8.72. The zero-order valence-electron chi connectivity index (χ0n) is 10.4. The van der Waals surface area contributed by atoms with Gasteiger partial charge in [0.2, 0.25) is 0 Å². The molecule has 0 aliphatic carbocycles. The molecule has 0 saturated heterocycles. The molecule has 0 saturated carbocycles. The highest BCUT2D eigenvalue weighted by Crippen LogP contribution is 2.22. The van der Waals surface area contributed by atoms with Crippen LogP contribution in [0, 0.1) is 18.3 Å². The van der Waals surface area contributed by atoms with Gasteiger partial charge in [-0.2, -0.15) is 5.26 Å². The average Bonchev–Trinajstić information content (AvgIpc) is 2.81. The molecule has 0 amide bonds. The van der Waals surface area contributed by atoms with Gasteiger partial charge in [-0.05, 0) is 31.2 Å². The molecular weight excluding hydrogens is 228 g/mol. The van der Waals surface area contributed by atoms with E-state index in [2.05, 4.69) is 11.4 Å². The molecule has 0 aliphatic rings. The number of hydrogen-bond acceptors (Lipinski definition) is 4. The fourth-order valence-corrected chi connectivity index (χ4v) is 1.66. The minimum atomic E-state index is 0.537. The first kappa shape index (κ1) is 12.1. The highest BCUT2D eigenvalue weighted by molar-refractivity contribution is 5.60. The molecule has 0 radical (unpaired) electrons. The van der Waals surface area contributed by atoms with E-state index in [9.17, 15) is 0 Å². The molecule has 4 nitrogen and oxygen atoms in total. The van der Waals surface area contributed by atoms with Crippen molar-refractivity contribution in [3.63, 3.8) is 0 Å². The number of benzene rings is 1. The summed E-state index contributed by atoms with van der Waals surface area (Å²) in [5, 5.41) is 12.2. The number of furan rings is 1. The van der Waals surface area contributed by atoms with Crippen molar-refractivity contribution in [1.29, 1.82) is 5.26 Å². The number of aryl methyl sites for hydroxylation is 1. The molecule has 0 spiro atoms. The minimum Gasteiger partial charge on any atom is -0.497 e. The predicted octanol–water partition coefficient (Wildman–Crippen LogP) is 3.08. The van der Waals surface area contributed by atoms with E-state index in [0.29, 0.717) is 17.9 Å². The van der Waals surface area contributed by atoms with Crippen LogP contribution in [0.4, 0.5) is 5.69 Å². The fourth-order valence-electron chi connectivity index (χ4n) is 1.66. The molecule has 0 bridgehead atoms. The summed E-state index contributed by atoms with van der Waals surface area (Å²) in [5.74, 6) is 2.42. The Morgan fingerprint density at radius 3 is 2.78 bits per heavy atom. The molecule has 1 aromatic carbocycles. The van der Waals surface area contributed by atoms with E-state index in [1.807, 2.05) is 19.1 Å². The highest BCUT2D eigenvalue weighted by Gasteiger charge is 2.05. The summed E-state index contributed by atoms with van der Waals surface area (Å²) >= 11 is 0. The van der Waals surface area contributed by atoms with Gasteiger partial charge in [0.15, 0.2) is 0 Å². The van der Waals surface area contributed by atoms with Gasteiger partial charge in [-0.1, -0.05) is 0 Å². The number of nitrogens with one attached hydrogen (secondary N) is 1. The second-order valence-corrected chi connectivity index (χ2v) is 3.89. The van der Waals surface area contributed by atoms with Crippen LogP contribution in [0.5, 0.6) is 5.75 Å². The SMILES string of the molecule is COc1ccc(C#N)c(NCc2ccc(C)o2)c1. The van der Waals surface area contributed by atoms with E-state index in [1.54, 1.807) is 25.3 Å². The van der Waals surface area contributed by atoms with Gasteiger partial charge in [0.1, 0.15) is 23.3 Å². The van der Waals surface area contributed by atoms with Gasteiger partial charge in [-0.25, -0.2) is 0 Å². The number of ether oxygens (including phenoxy) is 1. The Labute approximate surface area is 106 Å². The molecule has 4 heteroatoms. The van der Waals surface area contributed by atoms with Crippen molar-refractivity contribution in [3.05, 3.63) is 47.4 Å². The van der Waals surface area contributed by atoms with Crippen LogP contribution >= 0.6 is 0 Å². The Morgan fingerprint density at radius 2 is 2.17 bits per heavy atom. The van der Waals surface area contributed by atoms with Gasteiger partial charge >= 0.3 is 0 Å². The first-order valence-electron chi connectivity index (χ1n) is 5.60. The summed E-state index contributed by atoms with van der Waals surface area (Å²) in [6.45, 7) is 2.44. The van der Waals surface area contributed by atoms with Crippen molar-refractivity contribution in [3.8, 4) is 11.8 Å². The maximum absolute atomic E-state index is 9.03. The van der Waals surface area contributed by atoms with Crippen LogP contribution in [0.1, 0.15) is 17.1 Å². The van der Waals surface area contributed by atoms with Crippen LogP contribution in [0.25, 0.3) is 0 Å². The van der Waals surface area contributed by atoms with Crippen LogP contribution in [0.15, 0.2) is 34.7 Å². The van der Waals surface area contributed by atoms with Gasteiger partial charge in [-0.3, -0.25) is 0 Å². The maximum atomic E-state index is 9.03. The molecule has 0 unspecified atom stereocenters. The van der Waals surface area contributed by atoms with E-state index in [1.165, 1.54) is 0 Å². The minimum absolute atomic E-state index is 0.537. The van der Waals surface area contributed by atoms with E-state index < -0.39 is 0 Å². The van der Waals surface area contributed by atoms with Crippen molar-refractivity contribution in [2.45, 2.75) is 13.5 Å². The number of nitriles is 1. The van der Waals surface area contributed by atoms with E-state index in [0.717, 1.165) is 17.2 Å². The summed E-state index contributed by atoms with van der Waals surface area (Å²) in [6, 6.07) is 11.3. The second kappa shape index (κ2) is 5.28. The molecule has 2 rings (SSSR count). The van der Waals surface area contributed by atoms with Crippen LogP contribution in [0.3, 0.4) is 0 Å². The highest BCUT2D eigenvalue weighted by atomic mass is 16.5. The monoisotopic (exact) mass is 242 g/mol. The summed E-state index contributed by atoms with van der Waals surface area (Å²) in [4.78, 5) is 0.